The third kappa shape index (κ3) is 4.01. The highest BCUT2D eigenvalue weighted by molar-refractivity contribution is 6.02. The van der Waals surface area contributed by atoms with Crippen molar-refractivity contribution in [3.63, 3.8) is 0 Å². The Bertz CT molecular complexity index is 473. The lowest BCUT2D eigenvalue weighted by Gasteiger charge is -2.33. The maximum Gasteiger partial charge on any atom is 0.172 e. The lowest BCUT2D eigenvalue weighted by molar-refractivity contribution is 0.296. The van der Waals surface area contributed by atoms with Gasteiger partial charge in [0.15, 0.2) is 5.84 Å². The number of rotatable bonds is 8. The van der Waals surface area contributed by atoms with Crippen LogP contribution in [0.2, 0.25) is 0 Å². The Balaban J connectivity index is 3.38. The zero-order chi connectivity index (χ0) is 15.8. The van der Waals surface area contributed by atoms with E-state index in [0.717, 1.165) is 18.5 Å². The predicted molar refractivity (Wildman–Crippen MR) is 84.3 cm³/mol. The SMILES string of the molecule is CCC(CC)N(CCO)c1cc(OC)ccc1/C(N)=N/O. The van der Waals surface area contributed by atoms with Crippen molar-refractivity contribution in [3.8, 4) is 5.75 Å². The molecule has 1 aromatic carbocycles. The van der Waals surface area contributed by atoms with Gasteiger partial charge in [0.1, 0.15) is 5.75 Å². The third-order valence-electron chi connectivity index (χ3n) is 3.62. The average molecular weight is 295 g/mol. The van der Waals surface area contributed by atoms with Gasteiger partial charge in [0, 0.05) is 24.2 Å². The van der Waals surface area contributed by atoms with E-state index < -0.39 is 0 Å². The summed E-state index contributed by atoms with van der Waals surface area (Å²) in [5.41, 5.74) is 7.20. The quantitative estimate of drug-likeness (QED) is 0.294. The molecular weight excluding hydrogens is 270 g/mol. The average Bonchev–Trinajstić information content (AvgIpc) is 2.53. The number of hydrogen-bond acceptors (Lipinski definition) is 5. The van der Waals surface area contributed by atoms with Crippen molar-refractivity contribution >= 4 is 11.5 Å². The summed E-state index contributed by atoms with van der Waals surface area (Å²) in [6.45, 7) is 4.71. The van der Waals surface area contributed by atoms with E-state index in [1.165, 1.54) is 0 Å². The van der Waals surface area contributed by atoms with Gasteiger partial charge in [-0.15, -0.1) is 0 Å². The van der Waals surface area contributed by atoms with Crippen LogP contribution in [0.4, 0.5) is 5.69 Å². The van der Waals surface area contributed by atoms with E-state index in [9.17, 15) is 5.11 Å². The highest BCUT2D eigenvalue weighted by Gasteiger charge is 2.20. The number of nitrogens with zero attached hydrogens (tertiary/aromatic N) is 2. The van der Waals surface area contributed by atoms with Gasteiger partial charge in [-0.25, -0.2) is 0 Å². The first-order valence-corrected chi connectivity index (χ1v) is 7.16. The Morgan fingerprint density at radius 2 is 2.05 bits per heavy atom. The molecule has 1 aromatic rings. The second kappa shape index (κ2) is 8.36. The molecule has 0 amide bonds. The lowest BCUT2D eigenvalue weighted by Crippen LogP contribution is -2.38. The molecular formula is C15H25N3O3. The smallest absolute Gasteiger partial charge is 0.172 e. The van der Waals surface area contributed by atoms with Crippen molar-refractivity contribution in [2.45, 2.75) is 32.7 Å². The second-order valence-corrected chi connectivity index (χ2v) is 4.76. The first-order chi connectivity index (χ1) is 10.1. The van der Waals surface area contributed by atoms with Gasteiger partial charge in [0.25, 0.3) is 0 Å². The summed E-state index contributed by atoms with van der Waals surface area (Å²) in [5, 5.41) is 21.4. The van der Waals surface area contributed by atoms with Crippen LogP contribution in [0.1, 0.15) is 32.3 Å². The maximum atomic E-state index is 9.37. The van der Waals surface area contributed by atoms with Gasteiger partial charge in [-0.3, -0.25) is 0 Å². The summed E-state index contributed by atoms with van der Waals surface area (Å²) < 4.78 is 5.27. The first kappa shape index (κ1) is 17.1. The number of ether oxygens (including phenoxy) is 1. The molecule has 0 bridgehead atoms. The summed E-state index contributed by atoms with van der Waals surface area (Å²) >= 11 is 0. The normalized spacial score (nSPS) is 11.8. The van der Waals surface area contributed by atoms with E-state index in [2.05, 4.69) is 23.9 Å². The predicted octanol–water partition coefficient (Wildman–Crippen LogP) is 1.78. The standard InChI is InChI=1S/C15H25N3O3/c1-4-11(5-2)18(8-9-19)14-10-12(21-3)6-7-13(14)15(16)17-20/h6-7,10-11,19-20H,4-5,8-9H2,1-3H3,(H2,16,17). The minimum Gasteiger partial charge on any atom is -0.497 e. The summed E-state index contributed by atoms with van der Waals surface area (Å²) in [7, 11) is 1.59. The van der Waals surface area contributed by atoms with Crippen LogP contribution in [-0.4, -0.2) is 42.5 Å². The molecule has 0 radical (unpaired) electrons. The van der Waals surface area contributed by atoms with Crippen LogP contribution < -0.4 is 15.4 Å². The number of aliphatic hydroxyl groups excluding tert-OH is 1. The number of nitrogens with two attached hydrogens (primary N) is 1. The van der Waals surface area contributed by atoms with Gasteiger partial charge in [-0.2, -0.15) is 0 Å². The van der Waals surface area contributed by atoms with Crippen molar-refractivity contribution in [1.29, 1.82) is 0 Å². The van der Waals surface area contributed by atoms with Gasteiger partial charge in [-0.1, -0.05) is 19.0 Å². The fourth-order valence-electron chi connectivity index (χ4n) is 2.48. The Kier molecular flexibility index (Phi) is 6.81. The van der Waals surface area contributed by atoms with Crippen LogP contribution in [0.15, 0.2) is 23.4 Å². The van der Waals surface area contributed by atoms with Gasteiger partial charge < -0.3 is 25.7 Å². The molecule has 21 heavy (non-hydrogen) atoms. The molecule has 0 aromatic heterocycles. The van der Waals surface area contributed by atoms with Crippen LogP contribution in [0.25, 0.3) is 0 Å². The topological polar surface area (TPSA) is 91.3 Å². The van der Waals surface area contributed by atoms with E-state index >= 15 is 0 Å². The number of oxime groups is 1. The molecule has 0 aliphatic carbocycles. The zero-order valence-electron chi connectivity index (χ0n) is 12.9. The largest absolute Gasteiger partial charge is 0.497 e. The van der Waals surface area contributed by atoms with E-state index in [1.54, 1.807) is 19.2 Å². The van der Waals surface area contributed by atoms with Gasteiger partial charge in [0.05, 0.1) is 19.4 Å². The Labute approximate surface area is 125 Å². The van der Waals surface area contributed by atoms with Crippen LogP contribution in [-0.2, 0) is 0 Å². The first-order valence-electron chi connectivity index (χ1n) is 7.16. The Hall–Kier alpha value is -1.95. The Morgan fingerprint density at radius 3 is 2.52 bits per heavy atom. The molecule has 0 saturated heterocycles. The van der Waals surface area contributed by atoms with E-state index in [4.69, 9.17) is 15.7 Å². The molecule has 0 saturated carbocycles. The second-order valence-electron chi connectivity index (χ2n) is 4.76. The molecule has 0 spiro atoms. The van der Waals surface area contributed by atoms with Crippen LogP contribution in [0.5, 0.6) is 5.75 Å². The maximum absolute atomic E-state index is 9.37. The molecule has 0 fully saturated rings. The fraction of sp³-hybridized carbons (Fsp3) is 0.533. The Morgan fingerprint density at radius 1 is 1.38 bits per heavy atom. The third-order valence-corrected chi connectivity index (χ3v) is 3.62. The minimum atomic E-state index is 0.0311. The van der Waals surface area contributed by atoms with E-state index in [1.807, 2.05) is 6.07 Å². The molecule has 118 valence electrons. The molecule has 0 aliphatic rings. The molecule has 4 N–H and O–H groups in total. The summed E-state index contributed by atoms with van der Waals surface area (Å²) in [6, 6.07) is 5.63. The molecule has 1 rings (SSSR count). The lowest BCUT2D eigenvalue weighted by atomic mass is 10.1. The monoisotopic (exact) mass is 295 g/mol. The number of methoxy groups -OCH3 is 1. The number of hydrogen-bond donors (Lipinski definition) is 3. The molecule has 0 aliphatic heterocycles. The number of anilines is 1. The fourth-order valence-corrected chi connectivity index (χ4v) is 2.48. The van der Waals surface area contributed by atoms with E-state index in [-0.39, 0.29) is 18.5 Å². The van der Waals surface area contributed by atoms with Crippen LogP contribution in [0.3, 0.4) is 0 Å². The van der Waals surface area contributed by atoms with Gasteiger partial charge >= 0.3 is 0 Å². The molecule has 0 unspecified atom stereocenters. The van der Waals surface area contributed by atoms with Gasteiger partial charge in [0.2, 0.25) is 0 Å². The van der Waals surface area contributed by atoms with Crippen molar-refractivity contribution in [3.05, 3.63) is 23.8 Å². The zero-order valence-corrected chi connectivity index (χ0v) is 12.9. The van der Waals surface area contributed by atoms with Crippen molar-refractivity contribution < 1.29 is 15.1 Å². The summed E-state index contributed by atoms with van der Waals surface area (Å²) in [6.07, 6.45) is 1.87. The molecule has 6 nitrogen and oxygen atoms in total. The molecule has 0 heterocycles. The van der Waals surface area contributed by atoms with Crippen LogP contribution >= 0.6 is 0 Å². The van der Waals surface area contributed by atoms with E-state index in [0.29, 0.717) is 17.9 Å². The van der Waals surface area contributed by atoms with Crippen molar-refractivity contribution in [2.75, 3.05) is 25.2 Å². The summed E-state index contributed by atoms with van der Waals surface area (Å²) in [5.74, 6) is 0.731. The van der Waals surface area contributed by atoms with Crippen LogP contribution in [0, 0.1) is 0 Å². The highest BCUT2D eigenvalue weighted by atomic mass is 16.5. The van der Waals surface area contributed by atoms with Crippen molar-refractivity contribution in [1.82, 2.24) is 0 Å². The molecule has 6 heteroatoms. The van der Waals surface area contributed by atoms with Gasteiger partial charge in [-0.05, 0) is 25.0 Å². The number of aliphatic hydroxyl groups is 1. The minimum absolute atomic E-state index is 0.0311. The number of benzene rings is 1. The highest BCUT2D eigenvalue weighted by Crippen LogP contribution is 2.29. The van der Waals surface area contributed by atoms with Crippen molar-refractivity contribution in [2.24, 2.45) is 10.9 Å². The number of amidine groups is 1. The molecule has 0 atom stereocenters. The summed E-state index contributed by atoms with van der Waals surface area (Å²) in [4.78, 5) is 2.08.